The molecule has 1 aliphatic heterocycles. The van der Waals surface area contributed by atoms with Crippen LogP contribution in [0.1, 0.15) is 47.5 Å². The van der Waals surface area contributed by atoms with Crippen molar-refractivity contribution >= 4 is 43.9 Å². The van der Waals surface area contributed by atoms with E-state index in [1.165, 1.54) is 35.3 Å². The maximum Gasteiger partial charge on any atom is 0.262 e. The number of hydrogen-bond donors (Lipinski definition) is 2. The van der Waals surface area contributed by atoms with Gasteiger partial charge in [0.2, 0.25) is 5.91 Å². The lowest BCUT2D eigenvalue weighted by molar-refractivity contribution is -0.117. The van der Waals surface area contributed by atoms with Crippen molar-refractivity contribution in [2.45, 2.75) is 50.5 Å². The van der Waals surface area contributed by atoms with Crippen molar-refractivity contribution in [3.8, 4) is 5.75 Å². The van der Waals surface area contributed by atoms with E-state index < -0.39 is 15.9 Å². The quantitative estimate of drug-likeness (QED) is 0.744. The first-order valence-electron chi connectivity index (χ1n) is 9.73. The summed E-state index contributed by atoms with van der Waals surface area (Å²) in [5.41, 5.74) is 7.09. The lowest BCUT2D eigenvalue weighted by atomic mass is 9.95. The summed E-state index contributed by atoms with van der Waals surface area (Å²) in [6.45, 7) is 3.61. The Balaban J connectivity index is 1.72. The number of anilines is 2. The molecule has 1 aliphatic carbocycles. The normalized spacial score (nSPS) is 18.2. The lowest BCUT2D eigenvalue weighted by Gasteiger charge is -2.33. The number of carbonyl (C=O) groups excluding carboxylic acids is 2. The number of carbonyl (C=O) groups is 2. The SMILES string of the molecule is CC(=O)N1CC(C)Oc2ccc(S(=O)(=O)Nc3sc4c(c3C(N)=O)CCCC4)cc21. The first-order valence-corrected chi connectivity index (χ1v) is 12.0. The molecule has 2 aliphatic rings. The number of benzene rings is 1. The average molecular weight is 450 g/mol. The van der Waals surface area contributed by atoms with Crippen LogP contribution in [0, 0.1) is 0 Å². The van der Waals surface area contributed by atoms with Gasteiger partial charge in [-0.25, -0.2) is 8.42 Å². The van der Waals surface area contributed by atoms with Gasteiger partial charge in [-0.3, -0.25) is 14.3 Å². The summed E-state index contributed by atoms with van der Waals surface area (Å²) in [5.74, 6) is -0.383. The number of hydrogen-bond acceptors (Lipinski definition) is 6. The Morgan fingerprint density at radius 1 is 1.27 bits per heavy atom. The first-order chi connectivity index (χ1) is 14.2. The largest absolute Gasteiger partial charge is 0.487 e. The monoisotopic (exact) mass is 449 g/mol. The molecule has 0 bridgehead atoms. The van der Waals surface area contributed by atoms with Crippen molar-refractivity contribution in [3.05, 3.63) is 34.2 Å². The molecular formula is C20H23N3O5S2. The van der Waals surface area contributed by atoms with E-state index >= 15 is 0 Å². The Bertz CT molecular complexity index is 1140. The molecule has 1 unspecified atom stereocenters. The molecule has 0 radical (unpaired) electrons. The first kappa shape index (κ1) is 20.7. The Morgan fingerprint density at radius 2 is 2.00 bits per heavy atom. The van der Waals surface area contributed by atoms with E-state index in [4.69, 9.17) is 10.5 Å². The molecule has 160 valence electrons. The second-order valence-electron chi connectivity index (χ2n) is 7.57. The molecule has 8 nitrogen and oxygen atoms in total. The van der Waals surface area contributed by atoms with E-state index in [0.29, 0.717) is 24.4 Å². The molecule has 0 saturated carbocycles. The maximum absolute atomic E-state index is 13.1. The van der Waals surface area contributed by atoms with Crippen LogP contribution < -0.4 is 20.1 Å². The van der Waals surface area contributed by atoms with Gasteiger partial charge in [0, 0.05) is 11.8 Å². The fourth-order valence-corrected chi connectivity index (χ4v) is 6.58. The van der Waals surface area contributed by atoms with Crippen LogP contribution in [-0.4, -0.2) is 32.9 Å². The van der Waals surface area contributed by atoms with Gasteiger partial charge in [0.25, 0.3) is 15.9 Å². The highest BCUT2D eigenvalue weighted by atomic mass is 32.2. The number of thiophene rings is 1. The van der Waals surface area contributed by atoms with E-state index in [9.17, 15) is 18.0 Å². The predicted octanol–water partition coefficient (Wildman–Crippen LogP) is 2.66. The van der Waals surface area contributed by atoms with Gasteiger partial charge < -0.3 is 15.4 Å². The van der Waals surface area contributed by atoms with Gasteiger partial charge in [-0.15, -0.1) is 11.3 Å². The van der Waals surface area contributed by atoms with Crippen LogP contribution in [0.5, 0.6) is 5.75 Å². The molecule has 30 heavy (non-hydrogen) atoms. The van der Waals surface area contributed by atoms with Crippen molar-refractivity contribution < 1.29 is 22.7 Å². The molecule has 1 atom stereocenters. The number of rotatable bonds is 4. The Kier molecular flexibility index (Phi) is 5.23. The predicted molar refractivity (Wildman–Crippen MR) is 115 cm³/mol. The summed E-state index contributed by atoms with van der Waals surface area (Å²) in [5, 5.41) is 0.250. The van der Waals surface area contributed by atoms with Crippen LogP contribution in [0.25, 0.3) is 0 Å². The van der Waals surface area contributed by atoms with Crippen LogP contribution in [0.4, 0.5) is 10.7 Å². The fraction of sp³-hybridized carbons (Fsp3) is 0.400. The Morgan fingerprint density at radius 3 is 2.70 bits per heavy atom. The van der Waals surface area contributed by atoms with Crippen LogP contribution in [0.3, 0.4) is 0 Å². The number of nitrogens with one attached hydrogen (secondary N) is 1. The van der Waals surface area contributed by atoms with Gasteiger partial charge in [0.1, 0.15) is 16.9 Å². The molecule has 0 fully saturated rings. The summed E-state index contributed by atoms with van der Waals surface area (Å²) in [6.07, 6.45) is 3.28. The summed E-state index contributed by atoms with van der Waals surface area (Å²) in [7, 11) is -4.01. The molecule has 4 rings (SSSR count). The number of ether oxygens (including phenoxy) is 1. The fourth-order valence-electron chi connectivity index (χ4n) is 3.96. The molecule has 2 heterocycles. The minimum absolute atomic E-state index is 0.0209. The van der Waals surface area contributed by atoms with Crippen LogP contribution in [-0.2, 0) is 27.7 Å². The van der Waals surface area contributed by atoms with Crippen LogP contribution in [0.15, 0.2) is 23.1 Å². The second kappa shape index (κ2) is 7.59. The van der Waals surface area contributed by atoms with Crippen molar-refractivity contribution in [3.63, 3.8) is 0 Å². The minimum atomic E-state index is -4.01. The van der Waals surface area contributed by atoms with Gasteiger partial charge in [-0.05, 0) is 56.4 Å². The van der Waals surface area contributed by atoms with Crippen LogP contribution in [0.2, 0.25) is 0 Å². The van der Waals surface area contributed by atoms with Gasteiger partial charge in [0.15, 0.2) is 0 Å². The molecule has 1 aromatic heterocycles. The zero-order valence-electron chi connectivity index (χ0n) is 16.7. The van der Waals surface area contributed by atoms with Crippen molar-refractivity contribution in [1.29, 1.82) is 0 Å². The van der Waals surface area contributed by atoms with Gasteiger partial charge in [-0.2, -0.15) is 0 Å². The van der Waals surface area contributed by atoms with Gasteiger partial charge >= 0.3 is 0 Å². The smallest absolute Gasteiger partial charge is 0.262 e. The second-order valence-corrected chi connectivity index (χ2v) is 10.4. The Labute approximate surface area is 179 Å². The molecule has 3 N–H and O–H groups in total. The van der Waals surface area contributed by atoms with E-state index in [1.54, 1.807) is 6.07 Å². The van der Waals surface area contributed by atoms with Gasteiger partial charge in [-0.1, -0.05) is 0 Å². The minimum Gasteiger partial charge on any atom is -0.487 e. The zero-order chi connectivity index (χ0) is 21.6. The molecule has 1 aromatic carbocycles. The number of fused-ring (bicyclic) bond motifs is 2. The average Bonchev–Trinajstić information content (AvgIpc) is 3.03. The summed E-state index contributed by atoms with van der Waals surface area (Å²) >= 11 is 1.27. The number of nitrogens with zero attached hydrogens (tertiary/aromatic N) is 1. The third-order valence-electron chi connectivity index (χ3n) is 5.32. The third-order valence-corrected chi connectivity index (χ3v) is 8.01. The topological polar surface area (TPSA) is 119 Å². The highest BCUT2D eigenvalue weighted by Gasteiger charge is 2.30. The molecule has 2 aromatic rings. The Hall–Kier alpha value is -2.59. The summed E-state index contributed by atoms with van der Waals surface area (Å²) in [6, 6.07) is 4.39. The number of nitrogens with two attached hydrogens (primary N) is 1. The number of amides is 2. The zero-order valence-corrected chi connectivity index (χ0v) is 18.4. The maximum atomic E-state index is 13.1. The van der Waals surface area contributed by atoms with E-state index in [0.717, 1.165) is 29.7 Å². The van der Waals surface area contributed by atoms with E-state index in [1.807, 2.05) is 6.92 Å². The number of primary amides is 1. The molecule has 2 amide bonds. The molecular weight excluding hydrogens is 426 g/mol. The highest BCUT2D eigenvalue weighted by Crippen LogP contribution is 2.40. The van der Waals surface area contributed by atoms with E-state index in [-0.39, 0.29) is 27.5 Å². The summed E-state index contributed by atoms with van der Waals surface area (Å²) in [4.78, 5) is 26.6. The molecule has 10 heteroatoms. The number of sulfonamides is 1. The van der Waals surface area contributed by atoms with Crippen molar-refractivity contribution in [1.82, 2.24) is 0 Å². The third kappa shape index (κ3) is 3.65. The van der Waals surface area contributed by atoms with Crippen molar-refractivity contribution in [2.24, 2.45) is 5.73 Å². The van der Waals surface area contributed by atoms with Crippen LogP contribution >= 0.6 is 11.3 Å². The lowest BCUT2D eigenvalue weighted by Crippen LogP contribution is -2.41. The standard InChI is InChI=1S/C20H23N3O5S2/c1-11-10-23(12(2)24)15-9-13(7-8-16(15)28-11)30(26,27)22-20-18(19(21)25)14-5-3-4-6-17(14)29-20/h7-9,11,22H,3-6,10H2,1-2H3,(H2,21,25). The number of aryl methyl sites for hydroxylation is 1. The molecule has 0 spiro atoms. The summed E-state index contributed by atoms with van der Waals surface area (Å²) < 4.78 is 34.5. The molecule has 0 saturated heterocycles. The van der Waals surface area contributed by atoms with E-state index in [2.05, 4.69) is 4.72 Å². The van der Waals surface area contributed by atoms with Gasteiger partial charge in [0.05, 0.1) is 22.7 Å². The highest BCUT2D eigenvalue weighted by molar-refractivity contribution is 7.93. The van der Waals surface area contributed by atoms with Crippen molar-refractivity contribution in [2.75, 3.05) is 16.2 Å².